The number of amides is 1. The average Bonchev–Trinajstić information content (AvgIpc) is 2.58. The van der Waals surface area contributed by atoms with Crippen LogP contribution in [0.3, 0.4) is 0 Å². The predicted octanol–water partition coefficient (Wildman–Crippen LogP) is 2.15. The smallest absolute Gasteiger partial charge is 0.323 e. The SMILES string of the molecule is O=C(O)CN1C(=O)C(=C2CCCCC2)SC1=S. The molecule has 1 aliphatic heterocycles. The van der Waals surface area contributed by atoms with Gasteiger partial charge in [0.15, 0.2) is 0 Å². The minimum absolute atomic E-state index is 0.223. The standard InChI is InChI=1S/C11H13NO3S2/c13-8(14)6-12-10(15)9(17-11(12)16)7-4-2-1-3-5-7/h1-6H2,(H,13,14). The molecule has 17 heavy (non-hydrogen) atoms. The number of hydrogen-bond acceptors (Lipinski definition) is 4. The van der Waals surface area contributed by atoms with Gasteiger partial charge in [0, 0.05) is 0 Å². The Bertz CT molecular complexity index is 409. The summed E-state index contributed by atoms with van der Waals surface area (Å²) < 4.78 is 0.366. The van der Waals surface area contributed by atoms with E-state index in [1.807, 2.05) is 0 Å². The van der Waals surface area contributed by atoms with E-state index in [0.717, 1.165) is 31.3 Å². The minimum Gasteiger partial charge on any atom is -0.480 e. The molecular formula is C11H13NO3S2. The lowest BCUT2D eigenvalue weighted by molar-refractivity contribution is -0.140. The van der Waals surface area contributed by atoms with E-state index in [2.05, 4.69) is 0 Å². The molecule has 1 heterocycles. The third-order valence-corrected chi connectivity index (χ3v) is 4.45. The molecule has 2 aliphatic rings. The second-order valence-electron chi connectivity index (χ2n) is 4.15. The van der Waals surface area contributed by atoms with Crippen molar-refractivity contribution < 1.29 is 14.7 Å². The molecule has 1 saturated heterocycles. The van der Waals surface area contributed by atoms with Gasteiger partial charge in [0.25, 0.3) is 5.91 Å². The van der Waals surface area contributed by atoms with E-state index in [4.69, 9.17) is 17.3 Å². The summed E-state index contributed by atoms with van der Waals surface area (Å²) in [5.74, 6) is -1.25. The van der Waals surface area contributed by atoms with Crippen LogP contribution in [0.5, 0.6) is 0 Å². The molecule has 1 saturated carbocycles. The summed E-state index contributed by atoms with van der Waals surface area (Å²) in [6.07, 6.45) is 5.31. The second kappa shape index (κ2) is 5.18. The van der Waals surface area contributed by atoms with E-state index in [1.165, 1.54) is 23.1 Å². The van der Waals surface area contributed by atoms with E-state index in [9.17, 15) is 9.59 Å². The summed E-state index contributed by atoms with van der Waals surface area (Å²) in [4.78, 5) is 24.6. The van der Waals surface area contributed by atoms with E-state index in [-0.39, 0.29) is 12.5 Å². The first-order valence-electron chi connectivity index (χ1n) is 5.57. The summed E-state index contributed by atoms with van der Waals surface area (Å²) in [6, 6.07) is 0. The summed E-state index contributed by atoms with van der Waals surface area (Å²) in [5.41, 5.74) is 1.15. The number of carbonyl (C=O) groups excluding carboxylic acids is 1. The number of thioether (sulfide) groups is 1. The molecule has 92 valence electrons. The fourth-order valence-electron chi connectivity index (χ4n) is 2.09. The molecule has 0 atom stereocenters. The van der Waals surface area contributed by atoms with Crippen molar-refractivity contribution in [2.45, 2.75) is 32.1 Å². The van der Waals surface area contributed by atoms with Crippen LogP contribution in [0.4, 0.5) is 0 Å². The summed E-state index contributed by atoms with van der Waals surface area (Å²) in [5, 5.41) is 8.73. The number of thiocarbonyl (C=S) groups is 1. The maximum atomic E-state index is 12.0. The van der Waals surface area contributed by atoms with Crippen molar-refractivity contribution in [2.75, 3.05) is 6.54 Å². The van der Waals surface area contributed by atoms with Gasteiger partial charge in [-0.1, -0.05) is 36.0 Å². The highest BCUT2D eigenvalue weighted by Crippen LogP contribution is 2.38. The minimum atomic E-state index is -1.03. The zero-order chi connectivity index (χ0) is 12.4. The molecule has 4 nitrogen and oxygen atoms in total. The zero-order valence-electron chi connectivity index (χ0n) is 9.27. The molecule has 0 aromatic carbocycles. The normalized spacial score (nSPS) is 21.3. The first kappa shape index (κ1) is 12.6. The number of rotatable bonds is 2. The Balaban J connectivity index is 2.19. The van der Waals surface area contributed by atoms with Gasteiger partial charge in [-0.15, -0.1) is 0 Å². The number of carboxylic acid groups (broad SMARTS) is 1. The van der Waals surface area contributed by atoms with Gasteiger partial charge >= 0.3 is 5.97 Å². The largest absolute Gasteiger partial charge is 0.480 e. The third kappa shape index (κ3) is 2.69. The van der Waals surface area contributed by atoms with Crippen LogP contribution in [0.1, 0.15) is 32.1 Å². The zero-order valence-corrected chi connectivity index (χ0v) is 10.9. The van der Waals surface area contributed by atoms with Gasteiger partial charge in [0.1, 0.15) is 10.9 Å². The Morgan fingerprint density at radius 2 is 2.00 bits per heavy atom. The molecule has 1 amide bonds. The van der Waals surface area contributed by atoms with Crippen LogP contribution in [0.15, 0.2) is 10.5 Å². The van der Waals surface area contributed by atoms with E-state index in [0.29, 0.717) is 9.23 Å². The van der Waals surface area contributed by atoms with Gasteiger partial charge in [-0.3, -0.25) is 14.5 Å². The molecule has 0 bridgehead atoms. The molecule has 0 aromatic rings. The van der Waals surface area contributed by atoms with Crippen LogP contribution < -0.4 is 0 Å². The van der Waals surface area contributed by atoms with Crippen molar-refractivity contribution in [3.63, 3.8) is 0 Å². The maximum Gasteiger partial charge on any atom is 0.323 e. The Morgan fingerprint density at radius 1 is 1.35 bits per heavy atom. The third-order valence-electron chi connectivity index (χ3n) is 2.92. The number of aliphatic carboxylic acids is 1. The van der Waals surface area contributed by atoms with Crippen LogP contribution in [-0.4, -0.2) is 32.7 Å². The van der Waals surface area contributed by atoms with E-state index >= 15 is 0 Å². The number of allylic oxidation sites excluding steroid dienone is 1. The molecule has 0 aromatic heterocycles. The summed E-state index contributed by atoms with van der Waals surface area (Å²) in [6.45, 7) is -0.332. The van der Waals surface area contributed by atoms with Crippen LogP contribution in [0, 0.1) is 0 Å². The van der Waals surface area contributed by atoms with Crippen molar-refractivity contribution >= 4 is 40.2 Å². The fourth-order valence-corrected chi connectivity index (χ4v) is 3.47. The van der Waals surface area contributed by atoms with Crippen LogP contribution in [-0.2, 0) is 9.59 Å². The van der Waals surface area contributed by atoms with Crippen LogP contribution >= 0.6 is 24.0 Å². The van der Waals surface area contributed by atoms with Crippen LogP contribution in [0.2, 0.25) is 0 Å². The topological polar surface area (TPSA) is 57.6 Å². The van der Waals surface area contributed by atoms with Crippen molar-refractivity contribution in [1.29, 1.82) is 0 Å². The van der Waals surface area contributed by atoms with Gasteiger partial charge in [0.05, 0.1) is 4.91 Å². The van der Waals surface area contributed by atoms with E-state index in [1.54, 1.807) is 0 Å². The molecule has 1 N–H and O–H groups in total. The maximum absolute atomic E-state index is 12.0. The number of hydrogen-bond donors (Lipinski definition) is 1. The summed E-state index contributed by atoms with van der Waals surface area (Å²) in [7, 11) is 0. The van der Waals surface area contributed by atoms with Crippen molar-refractivity contribution in [1.82, 2.24) is 4.90 Å². The Kier molecular flexibility index (Phi) is 3.83. The molecular weight excluding hydrogens is 258 g/mol. The first-order chi connectivity index (χ1) is 8.09. The van der Waals surface area contributed by atoms with Gasteiger partial charge in [0.2, 0.25) is 0 Å². The highest BCUT2D eigenvalue weighted by atomic mass is 32.2. The second-order valence-corrected chi connectivity index (χ2v) is 5.79. The number of nitrogens with zero attached hydrogens (tertiary/aromatic N) is 1. The monoisotopic (exact) mass is 271 g/mol. The first-order valence-corrected chi connectivity index (χ1v) is 6.79. The Labute approximate surface area is 109 Å². The highest BCUT2D eigenvalue weighted by Gasteiger charge is 2.35. The van der Waals surface area contributed by atoms with Crippen LogP contribution in [0.25, 0.3) is 0 Å². The molecule has 2 rings (SSSR count). The molecule has 0 radical (unpaired) electrons. The molecule has 1 aliphatic carbocycles. The van der Waals surface area contributed by atoms with Gasteiger partial charge in [-0.2, -0.15) is 0 Å². The van der Waals surface area contributed by atoms with Gasteiger partial charge in [-0.05, 0) is 25.7 Å². The Morgan fingerprint density at radius 3 is 2.59 bits per heavy atom. The van der Waals surface area contributed by atoms with Crippen molar-refractivity contribution in [3.05, 3.63) is 10.5 Å². The lowest BCUT2D eigenvalue weighted by Crippen LogP contribution is -2.33. The van der Waals surface area contributed by atoms with Crippen molar-refractivity contribution in [3.8, 4) is 0 Å². The van der Waals surface area contributed by atoms with Gasteiger partial charge in [-0.25, -0.2) is 0 Å². The summed E-state index contributed by atoms with van der Waals surface area (Å²) >= 11 is 6.31. The Hall–Kier alpha value is -0.880. The molecule has 0 spiro atoms. The molecule has 6 heteroatoms. The highest BCUT2D eigenvalue weighted by molar-refractivity contribution is 8.26. The predicted molar refractivity (Wildman–Crippen MR) is 69.6 cm³/mol. The lowest BCUT2D eigenvalue weighted by atomic mass is 9.94. The fraction of sp³-hybridized carbons (Fsp3) is 0.545. The molecule has 0 unspecified atom stereocenters. The van der Waals surface area contributed by atoms with Crippen molar-refractivity contribution in [2.24, 2.45) is 0 Å². The number of carbonyl (C=O) groups is 2. The van der Waals surface area contributed by atoms with Gasteiger partial charge < -0.3 is 5.11 Å². The lowest BCUT2D eigenvalue weighted by Gasteiger charge is -2.15. The quantitative estimate of drug-likeness (QED) is 0.616. The number of carboxylic acids is 1. The average molecular weight is 271 g/mol. The molecule has 2 fully saturated rings. The van der Waals surface area contributed by atoms with E-state index < -0.39 is 5.97 Å².